The fourth-order valence-electron chi connectivity index (χ4n) is 3.77. The number of nitrogens with zero attached hydrogens (tertiary/aromatic N) is 1. The highest BCUT2D eigenvalue weighted by atomic mass is 35.5. The highest BCUT2D eigenvalue weighted by molar-refractivity contribution is 6.30. The van der Waals surface area contributed by atoms with Crippen LogP contribution in [0.5, 0.6) is 5.75 Å². The minimum absolute atomic E-state index is 0.308. The number of carbonyl (C=O) groups is 2. The van der Waals surface area contributed by atoms with Gasteiger partial charge in [-0.15, -0.1) is 10.1 Å². The Balaban J connectivity index is 1.73. The summed E-state index contributed by atoms with van der Waals surface area (Å²) in [5.41, 5.74) is 5.96. The molecule has 2 atom stereocenters. The number of aryl methyl sites for hydroxylation is 1. The molecule has 0 unspecified atom stereocenters. The number of hydrazine groups is 1. The quantitative estimate of drug-likeness (QED) is 0.585. The molecule has 0 saturated carbocycles. The van der Waals surface area contributed by atoms with Gasteiger partial charge in [0.2, 0.25) is 12.3 Å². The van der Waals surface area contributed by atoms with Gasteiger partial charge in [-0.25, -0.2) is 0 Å². The van der Waals surface area contributed by atoms with Gasteiger partial charge in [0, 0.05) is 16.1 Å². The normalized spacial score (nSPS) is 19.0. The number of ether oxygens (including phenoxy) is 1. The zero-order valence-corrected chi connectivity index (χ0v) is 18.5. The number of hydrogen-bond donors (Lipinski definition) is 2. The molecule has 2 amide bonds. The van der Waals surface area contributed by atoms with Crippen LogP contribution in [0.3, 0.4) is 0 Å². The number of carbonyl (C=O) groups excluding carboxylic acids is 2. The van der Waals surface area contributed by atoms with E-state index in [-0.39, 0.29) is 11.8 Å². The Morgan fingerprint density at radius 2 is 1.84 bits per heavy atom. The van der Waals surface area contributed by atoms with Crippen molar-refractivity contribution in [3.05, 3.63) is 100 Å². The maximum atomic E-state index is 13.0. The Kier molecular flexibility index (Phi) is 6.23. The highest BCUT2D eigenvalue weighted by Gasteiger charge is 2.47. The lowest BCUT2D eigenvalue weighted by molar-refractivity contribution is -0.596. The average Bonchev–Trinajstić information content (AvgIpc) is 3.09. The van der Waals surface area contributed by atoms with Gasteiger partial charge < -0.3 is 10.1 Å². The van der Waals surface area contributed by atoms with Crippen LogP contribution in [0, 0.1) is 6.92 Å². The topological polar surface area (TPSA) is 70.4 Å². The van der Waals surface area contributed by atoms with E-state index in [1.54, 1.807) is 42.3 Å². The molecule has 1 aliphatic rings. The van der Waals surface area contributed by atoms with Gasteiger partial charge in [0.15, 0.2) is 6.04 Å². The monoisotopic (exact) mass is 448 g/mol. The number of methoxy groups -OCH3 is 1. The highest BCUT2D eigenvalue weighted by Crippen LogP contribution is 2.27. The molecule has 2 N–H and O–H groups in total. The third-order valence-electron chi connectivity index (χ3n) is 5.33. The van der Waals surface area contributed by atoms with E-state index in [0.29, 0.717) is 16.3 Å². The number of benzene rings is 3. The summed E-state index contributed by atoms with van der Waals surface area (Å²) in [5, 5.41) is 3.49. The predicted molar refractivity (Wildman–Crippen MR) is 123 cm³/mol. The molecule has 0 spiro atoms. The zero-order valence-electron chi connectivity index (χ0n) is 17.7. The summed E-state index contributed by atoms with van der Waals surface area (Å²) in [6, 6.07) is 20.7. The molecule has 1 heterocycles. The molecule has 1 aliphatic heterocycles. The van der Waals surface area contributed by atoms with Crippen LogP contribution in [0.4, 0.5) is 0 Å². The van der Waals surface area contributed by atoms with Crippen molar-refractivity contribution in [1.82, 2.24) is 10.7 Å². The SMILES string of the molecule is COc1ccccc1/C=[N+]1\NC(=O)[C@@H](NC(=O)c2cccc(C)c2)[C@H]1c1ccc(Cl)cc1. The van der Waals surface area contributed by atoms with E-state index in [2.05, 4.69) is 10.7 Å². The predicted octanol–water partition coefficient (Wildman–Crippen LogP) is 3.67. The molecule has 0 bridgehead atoms. The summed E-state index contributed by atoms with van der Waals surface area (Å²) in [4.78, 5) is 25.9. The van der Waals surface area contributed by atoms with Crippen LogP contribution in [0.25, 0.3) is 0 Å². The lowest BCUT2D eigenvalue weighted by Crippen LogP contribution is -2.42. The number of hydrogen-bond acceptors (Lipinski definition) is 3. The van der Waals surface area contributed by atoms with Crippen molar-refractivity contribution >= 4 is 29.6 Å². The van der Waals surface area contributed by atoms with Gasteiger partial charge in [-0.1, -0.05) is 53.6 Å². The number of rotatable bonds is 5. The van der Waals surface area contributed by atoms with E-state index >= 15 is 0 Å². The first kappa shape index (κ1) is 21.6. The Morgan fingerprint density at radius 3 is 2.56 bits per heavy atom. The molecule has 7 heteroatoms. The molecule has 1 fully saturated rings. The molecule has 0 aliphatic carbocycles. The molecule has 162 valence electrons. The van der Waals surface area contributed by atoms with E-state index in [1.807, 2.05) is 55.5 Å². The largest absolute Gasteiger partial charge is 0.496 e. The molecule has 1 saturated heterocycles. The first-order valence-electron chi connectivity index (χ1n) is 10.2. The third-order valence-corrected chi connectivity index (χ3v) is 5.58. The molecule has 3 aromatic rings. The van der Waals surface area contributed by atoms with E-state index in [0.717, 1.165) is 16.7 Å². The summed E-state index contributed by atoms with van der Waals surface area (Å²) in [6.45, 7) is 1.92. The second-order valence-electron chi connectivity index (χ2n) is 7.57. The second-order valence-corrected chi connectivity index (χ2v) is 8.01. The maximum Gasteiger partial charge on any atom is 0.304 e. The van der Waals surface area contributed by atoms with Crippen LogP contribution in [-0.2, 0) is 4.79 Å². The Labute approximate surface area is 191 Å². The fourth-order valence-corrected chi connectivity index (χ4v) is 3.90. The van der Waals surface area contributed by atoms with E-state index in [9.17, 15) is 9.59 Å². The van der Waals surface area contributed by atoms with Crippen molar-refractivity contribution in [3.8, 4) is 5.75 Å². The Bertz CT molecular complexity index is 1190. The summed E-state index contributed by atoms with van der Waals surface area (Å²) >= 11 is 6.08. The third kappa shape index (κ3) is 4.50. The number of hydrazone groups is 1. The van der Waals surface area contributed by atoms with Crippen LogP contribution in [0.2, 0.25) is 5.02 Å². The van der Waals surface area contributed by atoms with Gasteiger partial charge in [0.25, 0.3) is 5.91 Å². The molecule has 0 aromatic heterocycles. The Morgan fingerprint density at radius 1 is 1.09 bits per heavy atom. The van der Waals surface area contributed by atoms with Gasteiger partial charge in [0.1, 0.15) is 5.75 Å². The first-order valence-corrected chi connectivity index (χ1v) is 10.5. The van der Waals surface area contributed by atoms with E-state index < -0.39 is 12.1 Å². The molecular formula is C25H23ClN3O3+. The first-order chi connectivity index (χ1) is 15.5. The molecule has 32 heavy (non-hydrogen) atoms. The summed E-state index contributed by atoms with van der Waals surface area (Å²) < 4.78 is 7.14. The Hall–Kier alpha value is -3.64. The summed E-state index contributed by atoms with van der Waals surface area (Å²) in [6.07, 6.45) is 1.80. The van der Waals surface area contributed by atoms with Gasteiger partial charge >= 0.3 is 5.91 Å². The smallest absolute Gasteiger partial charge is 0.304 e. The summed E-state index contributed by atoms with van der Waals surface area (Å²) in [5.74, 6) is 0.0490. The van der Waals surface area contributed by atoms with Gasteiger partial charge in [-0.3, -0.25) is 9.59 Å². The molecular weight excluding hydrogens is 426 g/mol. The van der Waals surface area contributed by atoms with E-state index in [4.69, 9.17) is 16.3 Å². The minimum Gasteiger partial charge on any atom is -0.496 e. The second kappa shape index (κ2) is 9.24. The number of para-hydroxylation sites is 1. The average molecular weight is 449 g/mol. The van der Waals surface area contributed by atoms with Gasteiger partial charge in [0.05, 0.1) is 12.7 Å². The number of amides is 2. The van der Waals surface area contributed by atoms with Crippen molar-refractivity contribution in [3.63, 3.8) is 0 Å². The van der Waals surface area contributed by atoms with Crippen molar-refractivity contribution in [1.29, 1.82) is 0 Å². The van der Waals surface area contributed by atoms with Gasteiger partial charge in [-0.2, -0.15) is 0 Å². The lowest BCUT2D eigenvalue weighted by atomic mass is 9.99. The molecule has 0 radical (unpaired) electrons. The summed E-state index contributed by atoms with van der Waals surface area (Å²) in [7, 11) is 1.59. The van der Waals surface area contributed by atoms with Crippen molar-refractivity contribution in [2.75, 3.05) is 7.11 Å². The van der Waals surface area contributed by atoms with E-state index in [1.165, 1.54) is 0 Å². The fraction of sp³-hybridized carbons (Fsp3) is 0.160. The molecule has 6 nitrogen and oxygen atoms in total. The lowest BCUT2D eigenvalue weighted by Gasteiger charge is -2.15. The van der Waals surface area contributed by atoms with Crippen LogP contribution in [0.15, 0.2) is 72.8 Å². The van der Waals surface area contributed by atoms with Crippen LogP contribution >= 0.6 is 11.6 Å². The standard InChI is InChI=1S/C25H22ClN3O3/c1-16-6-5-8-18(14-16)24(30)27-22-23(17-10-12-20(26)13-11-17)29(28-25(22)31)15-19-7-3-4-9-21(19)32-2/h3-15,22-23H,1-2H3,(H-,27,28,30,31)/p+1/b29-15-/t22-,23+/m0/s1. The van der Waals surface area contributed by atoms with Crippen molar-refractivity contribution < 1.29 is 19.0 Å². The van der Waals surface area contributed by atoms with Gasteiger partial charge in [-0.05, 0) is 43.3 Å². The van der Waals surface area contributed by atoms with Crippen LogP contribution in [0.1, 0.15) is 33.1 Å². The number of nitrogens with one attached hydrogen (secondary N) is 2. The van der Waals surface area contributed by atoms with Crippen LogP contribution in [-0.4, -0.2) is 35.9 Å². The van der Waals surface area contributed by atoms with Crippen molar-refractivity contribution in [2.45, 2.75) is 19.0 Å². The number of halogens is 1. The zero-order chi connectivity index (χ0) is 22.7. The maximum absolute atomic E-state index is 13.0. The minimum atomic E-state index is -0.810. The molecule has 4 rings (SSSR count). The van der Waals surface area contributed by atoms with Crippen LogP contribution < -0.4 is 15.5 Å². The van der Waals surface area contributed by atoms with Crippen molar-refractivity contribution in [2.24, 2.45) is 0 Å². The molecule has 3 aromatic carbocycles.